The quantitative estimate of drug-likeness (QED) is 0.850. The molecular weight excluding hydrogens is 340 g/mol. The fourth-order valence-corrected chi connectivity index (χ4v) is 3.86. The van der Waals surface area contributed by atoms with E-state index in [1.54, 1.807) is 6.07 Å². The van der Waals surface area contributed by atoms with Crippen LogP contribution < -0.4 is 4.74 Å². The maximum atomic E-state index is 13.1. The minimum absolute atomic E-state index is 0.00945. The van der Waals surface area contributed by atoms with Crippen LogP contribution in [0.4, 0.5) is 0 Å². The summed E-state index contributed by atoms with van der Waals surface area (Å²) in [4.78, 5) is 17.0. The van der Waals surface area contributed by atoms with Gasteiger partial charge in [0.05, 0.1) is 6.61 Å². The summed E-state index contributed by atoms with van der Waals surface area (Å²) < 4.78 is 5.85. The number of piperidine rings is 1. The van der Waals surface area contributed by atoms with Crippen molar-refractivity contribution < 1.29 is 14.6 Å². The van der Waals surface area contributed by atoms with Crippen molar-refractivity contribution in [3.05, 3.63) is 60.2 Å². The fourth-order valence-electron chi connectivity index (χ4n) is 3.86. The lowest BCUT2D eigenvalue weighted by Gasteiger charge is -2.43. The smallest absolute Gasteiger partial charge is 0.254 e. The van der Waals surface area contributed by atoms with Crippen LogP contribution in [-0.2, 0) is 0 Å². The number of aliphatic hydroxyl groups excluding tert-OH is 1. The van der Waals surface area contributed by atoms with Crippen LogP contribution in [0.3, 0.4) is 0 Å². The zero-order valence-electron chi connectivity index (χ0n) is 16.1. The molecule has 3 rings (SSSR count). The van der Waals surface area contributed by atoms with Gasteiger partial charge in [0.2, 0.25) is 0 Å². The Kier molecular flexibility index (Phi) is 6.14. The highest BCUT2D eigenvalue weighted by Crippen LogP contribution is 2.31. The number of ether oxygens (including phenoxy) is 1. The summed E-state index contributed by atoms with van der Waals surface area (Å²) in [6.45, 7) is 2.15. The highest BCUT2D eigenvalue weighted by molar-refractivity contribution is 5.94. The number of rotatable bonds is 6. The second kappa shape index (κ2) is 8.55. The SMILES string of the molecule is CN(C)C[C@@]1(CO)CCCN(C(=O)c2cccc(Oc3ccccc3)c2)C1. The summed E-state index contributed by atoms with van der Waals surface area (Å²) in [5.74, 6) is 1.38. The van der Waals surface area contributed by atoms with Crippen molar-refractivity contribution in [1.82, 2.24) is 9.80 Å². The number of hydrogen-bond acceptors (Lipinski definition) is 4. The molecule has 2 aromatic rings. The van der Waals surface area contributed by atoms with Crippen molar-refractivity contribution in [3.63, 3.8) is 0 Å². The number of carbonyl (C=O) groups is 1. The third kappa shape index (κ3) is 4.87. The molecular formula is C22H28N2O3. The van der Waals surface area contributed by atoms with Crippen molar-refractivity contribution in [3.8, 4) is 11.5 Å². The first-order valence-corrected chi connectivity index (χ1v) is 9.39. The van der Waals surface area contributed by atoms with Gasteiger partial charge >= 0.3 is 0 Å². The zero-order valence-corrected chi connectivity index (χ0v) is 16.1. The molecule has 1 atom stereocenters. The van der Waals surface area contributed by atoms with E-state index in [0.717, 1.165) is 31.7 Å². The standard InChI is InChI=1S/C22H28N2O3/c1-23(2)15-22(17-25)12-7-13-24(16-22)21(26)18-8-6-11-20(14-18)27-19-9-4-3-5-10-19/h3-6,8-11,14,25H,7,12-13,15-17H2,1-2H3/t22-/m0/s1. The van der Waals surface area contributed by atoms with Crippen molar-refractivity contribution in [2.24, 2.45) is 5.41 Å². The lowest BCUT2D eigenvalue weighted by molar-refractivity contribution is 0.0138. The number of para-hydroxylation sites is 1. The minimum Gasteiger partial charge on any atom is -0.457 e. The molecule has 0 aromatic heterocycles. The number of benzene rings is 2. The number of carbonyl (C=O) groups excluding carboxylic acids is 1. The van der Waals surface area contributed by atoms with Crippen molar-refractivity contribution in [1.29, 1.82) is 0 Å². The van der Waals surface area contributed by atoms with Crippen LogP contribution in [0.5, 0.6) is 11.5 Å². The average Bonchev–Trinajstić information content (AvgIpc) is 2.68. The summed E-state index contributed by atoms with van der Waals surface area (Å²) in [6.07, 6.45) is 1.84. The maximum Gasteiger partial charge on any atom is 0.254 e. The van der Waals surface area contributed by atoms with E-state index >= 15 is 0 Å². The molecule has 0 radical (unpaired) electrons. The summed E-state index contributed by atoms with van der Waals surface area (Å²) in [7, 11) is 4.01. The second-order valence-electron chi connectivity index (χ2n) is 7.67. The number of amides is 1. The first-order valence-electron chi connectivity index (χ1n) is 9.39. The van der Waals surface area contributed by atoms with E-state index in [2.05, 4.69) is 4.90 Å². The Morgan fingerprint density at radius 1 is 1.15 bits per heavy atom. The van der Waals surface area contributed by atoms with Gasteiger partial charge in [-0.15, -0.1) is 0 Å². The number of aliphatic hydroxyl groups is 1. The van der Waals surface area contributed by atoms with Crippen LogP contribution in [-0.4, -0.2) is 61.2 Å². The molecule has 2 aromatic carbocycles. The minimum atomic E-state index is -0.254. The van der Waals surface area contributed by atoms with E-state index in [4.69, 9.17) is 4.74 Å². The Balaban J connectivity index is 1.74. The third-order valence-corrected chi connectivity index (χ3v) is 5.00. The molecule has 1 aliphatic heterocycles. The monoisotopic (exact) mass is 368 g/mol. The summed E-state index contributed by atoms with van der Waals surface area (Å²) >= 11 is 0. The number of likely N-dealkylation sites (tertiary alicyclic amines) is 1. The Bertz CT molecular complexity index is 763. The van der Waals surface area contributed by atoms with Crippen LogP contribution in [0.15, 0.2) is 54.6 Å². The molecule has 1 N–H and O–H groups in total. The van der Waals surface area contributed by atoms with Crippen molar-refractivity contribution in [2.75, 3.05) is 40.3 Å². The molecule has 0 saturated carbocycles. The first-order chi connectivity index (χ1) is 13.0. The molecule has 1 fully saturated rings. The predicted molar refractivity (Wildman–Crippen MR) is 106 cm³/mol. The normalized spacial score (nSPS) is 19.9. The van der Waals surface area contributed by atoms with Gasteiger partial charge in [-0.05, 0) is 57.3 Å². The largest absolute Gasteiger partial charge is 0.457 e. The van der Waals surface area contributed by atoms with Crippen LogP contribution in [0.2, 0.25) is 0 Å². The molecule has 0 aliphatic carbocycles. The van der Waals surface area contributed by atoms with E-state index in [1.807, 2.05) is 67.5 Å². The van der Waals surface area contributed by atoms with E-state index < -0.39 is 0 Å². The van der Waals surface area contributed by atoms with Gasteiger partial charge in [-0.25, -0.2) is 0 Å². The molecule has 1 aliphatic rings. The van der Waals surface area contributed by atoms with Gasteiger partial charge < -0.3 is 19.6 Å². The van der Waals surface area contributed by atoms with E-state index in [1.165, 1.54) is 0 Å². The number of nitrogens with zero attached hydrogens (tertiary/aromatic N) is 2. The Hall–Kier alpha value is -2.37. The van der Waals surface area contributed by atoms with Gasteiger partial charge in [-0.1, -0.05) is 24.3 Å². The predicted octanol–water partition coefficient (Wildman–Crippen LogP) is 3.26. The lowest BCUT2D eigenvalue weighted by Crippen LogP contribution is -2.51. The first kappa shape index (κ1) is 19.4. The molecule has 1 amide bonds. The molecule has 0 bridgehead atoms. The Morgan fingerprint density at radius 2 is 1.89 bits per heavy atom. The van der Waals surface area contributed by atoms with Gasteiger partial charge in [0.25, 0.3) is 5.91 Å². The zero-order chi connectivity index (χ0) is 19.3. The topological polar surface area (TPSA) is 53.0 Å². The van der Waals surface area contributed by atoms with Gasteiger partial charge in [0, 0.05) is 30.6 Å². The Morgan fingerprint density at radius 3 is 2.59 bits per heavy atom. The van der Waals surface area contributed by atoms with Gasteiger partial charge in [-0.3, -0.25) is 4.79 Å². The molecule has 0 unspecified atom stereocenters. The summed E-state index contributed by atoms with van der Waals surface area (Å²) in [5.41, 5.74) is 0.359. The summed E-state index contributed by atoms with van der Waals surface area (Å²) in [5, 5.41) is 9.98. The second-order valence-corrected chi connectivity index (χ2v) is 7.67. The van der Waals surface area contributed by atoms with Crippen LogP contribution in [0, 0.1) is 5.41 Å². The molecule has 1 saturated heterocycles. The molecule has 27 heavy (non-hydrogen) atoms. The molecule has 5 nitrogen and oxygen atoms in total. The van der Waals surface area contributed by atoms with E-state index in [9.17, 15) is 9.90 Å². The van der Waals surface area contributed by atoms with Crippen LogP contribution in [0.1, 0.15) is 23.2 Å². The van der Waals surface area contributed by atoms with Gasteiger partial charge in [-0.2, -0.15) is 0 Å². The molecule has 1 heterocycles. The maximum absolute atomic E-state index is 13.1. The van der Waals surface area contributed by atoms with Crippen LogP contribution in [0.25, 0.3) is 0 Å². The average molecular weight is 368 g/mol. The Labute approximate surface area is 161 Å². The van der Waals surface area contributed by atoms with Gasteiger partial charge in [0.15, 0.2) is 0 Å². The molecule has 0 spiro atoms. The molecule has 144 valence electrons. The highest BCUT2D eigenvalue weighted by Gasteiger charge is 2.37. The van der Waals surface area contributed by atoms with Crippen molar-refractivity contribution in [2.45, 2.75) is 12.8 Å². The highest BCUT2D eigenvalue weighted by atomic mass is 16.5. The van der Waals surface area contributed by atoms with E-state index in [-0.39, 0.29) is 17.9 Å². The number of hydrogen-bond donors (Lipinski definition) is 1. The van der Waals surface area contributed by atoms with Crippen LogP contribution >= 0.6 is 0 Å². The summed E-state index contributed by atoms with van der Waals surface area (Å²) in [6, 6.07) is 16.8. The molecule has 5 heteroatoms. The fraction of sp³-hybridized carbons (Fsp3) is 0.409. The third-order valence-electron chi connectivity index (χ3n) is 5.00. The van der Waals surface area contributed by atoms with E-state index in [0.29, 0.717) is 17.9 Å². The van der Waals surface area contributed by atoms with Crippen molar-refractivity contribution >= 4 is 5.91 Å². The van der Waals surface area contributed by atoms with Gasteiger partial charge in [0.1, 0.15) is 11.5 Å². The lowest BCUT2D eigenvalue weighted by atomic mass is 9.80.